The number of aliphatic hydroxyl groups is 1. The van der Waals surface area contributed by atoms with Gasteiger partial charge in [0.15, 0.2) is 0 Å². The molecule has 2 N–H and O–H groups in total. The zero-order valence-corrected chi connectivity index (χ0v) is 9.01. The van der Waals surface area contributed by atoms with E-state index >= 15 is 0 Å². The molecule has 0 bridgehead atoms. The standard InChI is InChI=1S/C11H11N3O3/c12-6-8-5-9(1-2-10(8)14(16)17)13-11(7-15)3-4-11/h1-2,5,13,15H,3-4,7H2. The van der Waals surface area contributed by atoms with E-state index in [9.17, 15) is 10.1 Å². The van der Waals surface area contributed by atoms with Gasteiger partial charge in [0, 0.05) is 11.8 Å². The van der Waals surface area contributed by atoms with Crippen molar-refractivity contribution in [3.8, 4) is 6.07 Å². The minimum Gasteiger partial charge on any atom is -0.394 e. The van der Waals surface area contributed by atoms with Crippen molar-refractivity contribution in [2.45, 2.75) is 18.4 Å². The number of nitriles is 1. The Labute approximate surface area is 97.6 Å². The summed E-state index contributed by atoms with van der Waals surface area (Å²) in [5.41, 5.74) is 0.141. The number of nitrogens with zero attached hydrogens (tertiary/aromatic N) is 2. The van der Waals surface area contributed by atoms with Gasteiger partial charge < -0.3 is 10.4 Å². The number of nitro groups is 1. The maximum atomic E-state index is 10.6. The number of hydrogen-bond acceptors (Lipinski definition) is 5. The van der Waals surface area contributed by atoms with E-state index in [2.05, 4.69) is 5.32 Å². The maximum Gasteiger partial charge on any atom is 0.287 e. The van der Waals surface area contributed by atoms with Crippen LogP contribution < -0.4 is 5.32 Å². The lowest BCUT2D eigenvalue weighted by Crippen LogP contribution is -2.25. The molecule has 88 valence electrons. The van der Waals surface area contributed by atoms with Gasteiger partial charge >= 0.3 is 0 Å². The molecule has 1 aromatic rings. The Morgan fingerprint density at radius 3 is 2.76 bits per heavy atom. The molecule has 0 amide bonds. The zero-order chi connectivity index (χ0) is 12.5. The molecule has 1 saturated carbocycles. The van der Waals surface area contributed by atoms with Gasteiger partial charge in [0.1, 0.15) is 11.6 Å². The van der Waals surface area contributed by atoms with Crippen molar-refractivity contribution in [1.29, 1.82) is 5.26 Å². The average Bonchev–Trinajstić information content (AvgIpc) is 3.09. The SMILES string of the molecule is N#Cc1cc(NC2(CO)CC2)ccc1[N+](=O)[O-]. The van der Waals surface area contributed by atoms with Gasteiger partial charge in [-0.25, -0.2) is 0 Å². The van der Waals surface area contributed by atoms with Crippen LogP contribution >= 0.6 is 0 Å². The third kappa shape index (κ3) is 2.19. The van der Waals surface area contributed by atoms with E-state index in [4.69, 9.17) is 10.4 Å². The molecular formula is C11H11N3O3. The summed E-state index contributed by atoms with van der Waals surface area (Å²) in [6, 6.07) is 6.09. The van der Waals surface area contributed by atoms with Gasteiger partial charge in [-0.1, -0.05) is 0 Å². The molecular weight excluding hydrogens is 222 g/mol. The molecule has 1 aromatic carbocycles. The highest BCUT2D eigenvalue weighted by Gasteiger charge is 2.42. The fourth-order valence-electron chi connectivity index (χ4n) is 1.64. The predicted octanol–water partition coefficient (Wildman–Crippen LogP) is 1.40. The van der Waals surface area contributed by atoms with Crippen molar-refractivity contribution in [3.05, 3.63) is 33.9 Å². The van der Waals surface area contributed by atoms with Crippen LogP contribution in [0.2, 0.25) is 0 Å². The molecule has 0 unspecified atom stereocenters. The summed E-state index contributed by atoms with van der Waals surface area (Å²) in [7, 11) is 0. The number of nitrogens with one attached hydrogen (secondary N) is 1. The van der Waals surface area contributed by atoms with E-state index in [1.807, 2.05) is 0 Å². The van der Waals surface area contributed by atoms with Crippen LogP contribution in [-0.2, 0) is 0 Å². The van der Waals surface area contributed by atoms with E-state index in [1.54, 1.807) is 12.1 Å². The topological polar surface area (TPSA) is 99.2 Å². The molecule has 0 saturated heterocycles. The Bertz CT molecular complexity index is 503. The van der Waals surface area contributed by atoms with E-state index < -0.39 is 4.92 Å². The minimum absolute atomic E-state index is 0.0197. The summed E-state index contributed by atoms with van der Waals surface area (Å²) in [4.78, 5) is 10.1. The summed E-state index contributed by atoms with van der Waals surface area (Å²) in [5.74, 6) is 0. The molecule has 6 nitrogen and oxygen atoms in total. The molecule has 0 atom stereocenters. The van der Waals surface area contributed by atoms with Gasteiger partial charge in [0.05, 0.1) is 17.1 Å². The van der Waals surface area contributed by atoms with Crippen LogP contribution in [0.3, 0.4) is 0 Å². The lowest BCUT2D eigenvalue weighted by molar-refractivity contribution is -0.385. The summed E-state index contributed by atoms with van der Waals surface area (Å²) < 4.78 is 0. The Morgan fingerprint density at radius 2 is 2.29 bits per heavy atom. The number of hydrogen-bond donors (Lipinski definition) is 2. The second kappa shape index (κ2) is 4.03. The number of rotatable bonds is 4. The monoisotopic (exact) mass is 233 g/mol. The molecule has 0 aliphatic heterocycles. The lowest BCUT2D eigenvalue weighted by atomic mass is 10.1. The zero-order valence-electron chi connectivity index (χ0n) is 9.01. The molecule has 0 radical (unpaired) electrons. The maximum absolute atomic E-state index is 10.6. The average molecular weight is 233 g/mol. The van der Waals surface area contributed by atoms with E-state index in [0.29, 0.717) is 5.69 Å². The Balaban J connectivity index is 2.27. The van der Waals surface area contributed by atoms with E-state index in [-0.39, 0.29) is 23.4 Å². The van der Waals surface area contributed by atoms with Crippen LogP contribution in [-0.4, -0.2) is 22.2 Å². The summed E-state index contributed by atoms with van der Waals surface area (Å²) in [6.07, 6.45) is 1.73. The van der Waals surface area contributed by atoms with Crippen molar-refractivity contribution in [2.24, 2.45) is 0 Å². The predicted molar refractivity (Wildman–Crippen MR) is 60.5 cm³/mol. The smallest absolute Gasteiger partial charge is 0.287 e. The van der Waals surface area contributed by atoms with Crippen molar-refractivity contribution >= 4 is 11.4 Å². The molecule has 0 spiro atoms. The highest BCUT2D eigenvalue weighted by Crippen LogP contribution is 2.38. The highest BCUT2D eigenvalue weighted by molar-refractivity contribution is 5.60. The Kier molecular flexibility index (Phi) is 2.69. The molecule has 0 aromatic heterocycles. The third-order valence-corrected chi connectivity index (χ3v) is 2.88. The van der Waals surface area contributed by atoms with Crippen LogP contribution in [0.4, 0.5) is 11.4 Å². The Morgan fingerprint density at radius 1 is 1.59 bits per heavy atom. The van der Waals surface area contributed by atoms with Gasteiger partial charge in [-0.2, -0.15) is 5.26 Å². The third-order valence-electron chi connectivity index (χ3n) is 2.88. The quantitative estimate of drug-likeness (QED) is 0.605. The van der Waals surface area contributed by atoms with Crippen LogP contribution in [0.15, 0.2) is 18.2 Å². The largest absolute Gasteiger partial charge is 0.394 e. The molecule has 0 heterocycles. The normalized spacial score (nSPS) is 16.0. The van der Waals surface area contributed by atoms with Crippen LogP contribution in [0.5, 0.6) is 0 Å². The van der Waals surface area contributed by atoms with Crippen LogP contribution in [0.1, 0.15) is 18.4 Å². The van der Waals surface area contributed by atoms with Crippen LogP contribution in [0.25, 0.3) is 0 Å². The van der Waals surface area contributed by atoms with Crippen molar-refractivity contribution in [2.75, 3.05) is 11.9 Å². The molecule has 17 heavy (non-hydrogen) atoms. The molecule has 1 aliphatic carbocycles. The molecule has 2 rings (SSSR count). The minimum atomic E-state index is -0.582. The highest BCUT2D eigenvalue weighted by atomic mass is 16.6. The van der Waals surface area contributed by atoms with Crippen molar-refractivity contribution in [1.82, 2.24) is 0 Å². The number of aliphatic hydroxyl groups excluding tert-OH is 1. The van der Waals surface area contributed by atoms with Crippen LogP contribution in [0, 0.1) is 21.4 Å². The summed E-state index contributed by atoms with van der Waals surface area (Å²) in [6.45, 7) is 0.0197. The fraction of sp³-hybridized carbons (Fsp3) is 0.364. The molecule has 1 fully saturated rings. The first-order chi connectivity index (χ1) is 8.10. The lowest BCUT2D eigenvalue weighted by Gasteiger charge is -2.15. The molecule has 1 aliphatic rings. The summed E-state index contributed by atoms with van der Waals surface area (Å²) >= 11 is 0. The second-order valence-electron chi connectivity index (χ2n) is 4.16. The van der Waals surface area contributed by atoms with Gasteiger partial charge in [-0.15, -0.1) is 0 Å². The number of benzene rings is 1. The van der Waals surface area contributed by atoms with Gasteiger partial charge in [-0.3, -0.25) is 10.1 Å². The summed E-state index contributed by atoms with van der Waals surface area (Å²) in [5, 5.41) is 31.7. The first kappa shape index (κ1) is 11.4. The number of nitro benzene ring substituents is 1. The second-order valence-corrected chi connectivity index (χ2v) is 4.16. The van der Waals surface area contributed by atoms with Gasteiger partial charge in [0.2, 0.25) is 0 Å². The van der Waals surface area contributed by atoms with E-state index in [0.717, 1.165) is 12.8 Å². The Hall–Kier alpha value is -2.13. The van der Waals surface area contributed by atoms with Crippen molar-refractivity contribution < 1.29 is 10.0 Å². The van der Waals surface area contributed by atoms with E-state index in [1.165, 1.54) is 12.1 Å². The molecule has 6 heteroatoms. The first-order valence-corrected chi connectivity index (χ1v) is 5.18. The van der Waals surface area contributed by atoms with Gasteiger partial charge in [-0.05, 0) is 25.0 Å². The fourth-order valence-corrected chi connectivity index (χ4v) is 1.64. The van der Waals surface area contributed by atoms with Crippen molar-refractivity contribution in [3.63, 3.8) is 0 Å². The number of anilines is 1. The first-order valence-electron chi connectivity index (χ1n) is 5.18. The van der Waals surface area contributed by atoms with Gasteiger partial charge in [0.25, 0.3) is 5.69 Å².